The van der Waals surface area contributed by atoms with E-state index < -0.39 is 0 Å². The van der Waals surface area contributed by atoms with Gasteiger partial charge in [0.15, 0.2) is 5.75 Å². The standard InChI is InChI=1S/C7H9NO2/c1-5-3-4-8-7(10-2)6(5)9/h3-4,9H,1-2H3. The summed E-state index contributed by atoms with van der Waals surface area (Å²) in [5.74, 6) is 0.394. The number of rotatable bonds is 1. The third-order valence-corrected chi connectivity index (χ3v) is 1.29. The first-order valence-corrected chi connectivity index (χ1v) is 2.94. The molecule has 0 aliphatic carbocycles. The summed E-state index contributed by atoms with van der Waals surface area (Å²) < 4.78 is 4.76. The molecular weight excluding hydrogens is 130 g/mol. The molecule has 0 aliphatic rings. The fourth-order valence-corrected chi connectivity index (χ4v) is 0.675. The molecule has 0 unspecified atom stereocenters. The van der Waals surface area contributed by atoms with E-state index in [4.69, 9.17) is 4.74 Å². The molecule has 3 nitrogen and oxygen atoms in total. The number of aromatic hydroxyl groups is 1. The van der Waals surface area contributed by atoms with Gasteiger partial charge in [0.2, 0.25) is 0 Å². The van der Waals surface area contributed by atoms with Crippen LogP contribution in [0.5, 0.6) is 11.6 Å². The molecule has 0 saturated heterocycles. The number of ether oxygens (including phenoxy) is 1. The van der Waals surface area contributed by atoms with Crippen LogP contribution in [0.1, 0.15) is 5.56 Å². The second-order valence-electron chi connectivity index (χ2n) is 1.99. The van der Waals surface area contributed by atoms with Crippen LogP contribution in [-0.4, -0.2) is 17.2 Å². The van der Waals surface area contributed by atoms with Crippen LogP contribution in [0, 0.1) is 6.92 Å². The van der Waals surface area contributed by atoms with E-state index in [0.29, 0.717) is 0 Å². The summed E-state index contributed by atoms with van der Waals surface area (Å²) in [6, 6.07) is 1.72. The number of aryl methyl sites for hydroxylation is 1. The zero-order valence-corrected chi connectivity index (χ0v) is 5.96. The normalized spacial score (nSPS) is 9.40. The molecule has 0 aliphatic heterocycles. The Bertz CT molecular complexity index is 235. The lowest BCUT2D eigenvalue weighted by Crippen LogP contribution is -1.88. The van der Waals surface area contributed by atoms with Gasteiger partial charge in [-0.25, -0.2) is 4.98 Å². The van der Waals surface area contributed by atoms with E-state index in [9.17, 15) is 5.11 Å². The highest BCUT2D eigenvalue weighted by Crippen LogP contribution is 2.25. The monoisotopic (exact) mass is 139 g/mol. The van der Waals surface area contributed by atoms with E-state index in [1.807, 2.05) is 0 Å². The summed E-state index contributed by atoms with van der Waals surface area (Å²) >= 11 is 0. The molecule has 1 heterocycles. The number of pyridine rings is 1. The van der Waals surface area contributed by atoms with Gasteiger partial charge in [0.05, 0.1) is 7.11 Å². The molecule has 10 heavy (non-hydrogen) atoms. The highest BCUT2D eigenvalue weighted by atomic mass is 16.5. The van der Waals surface area contributed by atoms with E-state index in [-0.39, 0.29) is 11.6 Å². The van der Waals surface area contributed by atoms with Crippen LogP contribution in [0.15, 0.2) is 12.3 Å². The lowest BCUT2D eigenvalue weighted by atomic mass is 10.3. The minimum Gasteiger partial charge on any atom is -0.503 e. The van der Waals surface area contributed by atoms with Crippen molar-refractivity contribution in [3.63, 3.8) is 0 Å². The number of methoxy groups -OCH3 is 1. The summed E-state index contributed by atoms with van der Waals surface area (Å²) in [5, 5.41) is 9.21. The molecule has 1 N–H and O–H groups in total. The number of hydrogen-bond donors (Lipinski definition) is 1. The third-order valence-electron chi connectivity index (χ3n) is 1.29. The highest BCUT2D eigenvalue weighted by molar-refractivity contribution is 5.38. The molecule has 0 saturated carbocycles. The van der Waals surface area contributed by atoms with Crippen molar-refractivity contribution in [1.82, 2.24) is 4.98 Å². The molecule has 0 bridgehead atoms. The van der Waals surface area contributed by atoms with E-state index in [0.717, 1.165) is 5.56 Å². The van der Waals surface area contributed by atoms with Gasteiger partial charge in [-0.05, 0) is 18.6 Å². The van der Waals surface area contributed by atoms with Crippen LogP contribution in [0.2, 0.25) is 0 Å². The van der Waals surface area contributed by atoms with Gasteiger partial charge in [-0.15, -0.1) is 0 Å². The molecule has 0 spiro atoms. The SMILES string of the molecule is COc1nccc(C)c1O. The maximum Gasteiger partial charge on any atom is 0.256 e. The summed E-state index contributed by atoms with van der Waals surface area (Å²) in [5.41, 5.74) is 0.770. The largest absolute Gasteiger partial charge is 0.503 e. The molecule has 1 aromatic rings. The van der Waals surface area contributed by atoms with Crippen LogP contribution in [0.4, 0.5) is 0 Å². The van der Waals surface area contributed by atoms with Crippen LogP contribution in [-0.2, 0) is 0 Å². The Hall–Kier alpha value is -1.25. The Balaban J connectivity index is 3.14. The first-order valence-electron chi connectivity index (χ1n) is 2.94. The molecular formula is C7H9NO2. The van der Waals surface area contributed by atoms with Gasteiger partial charge in [-0.2, -0.15) is 0 Å². The summed E-state index contributed by atoms with van der Waals surface area (Å²) in [6.07, 6.45) is 1.59. The zero-order chi connectivity index (χ0) is 7.56. The van der Waals surface area contributed by atoms with Crippen LogP contribution in [0.3, 0.4) is 0 Å². The van der Waals surface area contributed by atoms with Crippen LogP contribution in [0.25, 0.3) is 0 Å². The Morgan fingerprint density at radius 3 is 2.80 bits per heavy atom. The topological polar surface area (TPSA) is 42.4 Å². The second-order valence-corrected chi connectivity index (χ2v) is 1.99. The van der Waals surface area contributed by atoms with E-state index in [2.05, 4.69) is 4.98 Å². The Morgan fingerprint density at radius 1 is 1.60 bits per heavy atom. The van der Waals surface area contributed by atoms with Gasteiger partial charge in [-0.3, -0.25) is 0 Å². The molecule has 3 heteroatoms. The van der Waals surface area contributed by atoms with Gasteiger partial charge in [0.1, 0.15) is 0 Å². The smallest absolute Gasteiger partial charge is 0.256 e. The summed E-state index contributed by atoms with van der Waals surface area (Å²) in [4.78, 5) is 3.79. The second kappa shape index (κ2) is 2.56. The fraction of sp³-hybridized carbons (Fsp3) is 0.286. The van der Waals surface area contributed by atoms with Gasteiger partial charge < -0.3 is 9.84 Å². The third kappa shape index (κ3) is 1.03. The average molecular weight is 139 g/mol. The first-order chi connectivity index (χ1) is 4.75. The number of aromatic nitrogens is 1. The first kappa shape index (κ1) is 6.86. The highest BCUT2D eigenvalue weighted by Gasteiger charge is 2.02. The lowest BCUT2D eigenvalue weighted by molar-refractivity contribution is 0.357. The predicted octanol–water partition coefficient (Wildman–Crippen LogP) is 1.10. The van der Waals surface area contributed by atoms with Crippen LogP contribution >= 0.6 is 0 Å². The number of hydrogen-bond acceptors (Lipinski definition) is 3. The minimum atomic E-state index is 0.116. The average Bonchev–Trinajstić information content (AvgIpc) is 1.95. The van der Waals surface area contributed by atoms with Crippen molar-refractivity contribution in [3.8, 4) is 11.6 Å². The molecule has 0 atom stereocenters. The van der Waals surface area contributed by atoms with Crippen molar-refractivity contribution in [2.45, 2.75) is 6.92 Å². The van der Waals surface area contributed by atoms with E-state index in [1.165, 1.54) is 7.11 Å². The number of nitrogens with zero attached hydrogens (tertiary/aromatic N) is 1. The molecule has 0 aromatic carbocycles. The van der Waals surface area contributed by atoms with Gasteiger partial charge in [0, 0.05) is 6.20 Å². The Labute approximate surface area is 59.3 Å². The fourth-order valence-electron chi connectivity index (χ4n) is 0.675. The van der Waals surface area contributed by atoms with E-state index >= 15 is 0 Å². The summed E-state index contributed by atoms with van der Waals surface area (Å²) in [7, 11) is 1.47. The van der Waals surface area contributed by atoms with Crippen molar-refractivity contribution >= 4 is 0 Å². The Kier molecular flexibility index (Phi) is 1.76. The van der Waals surface area contributed by atoms with E-state index in [1.54, 1.807) is 19.2 Å². The predicted molar refractivity (Wildman–Crippen MR) is 37.2 cm³/mol. The van der Waals surface area contributed by atoms with Crippen molar-refractivity contribution in [2.75, 3.05) is 7.11 Å². The minimum absolute atomic E-state index is 0.116. The quantitative estimate of drug-likeness (QED) is 0.633. The van der Waals surface area contributed by atoms with Gasteiger partial charge in [-0.1, -0.05) is 0 Å². The van der Waals surface area contributed by atoms with Crippen molar-refractivity contribution in [2.24, 2.45) is 0 Å². The molecule has 0 fully saturated rings. The summed E-state index contributed by atoms with van der Waals surface area (Å²) in [6.45, 7) is 1.79. The zero-order valence-electron chi connectivity index (χ0n) is 5.96. The maximum absolute atomic E-state index is 9.21. The van der Waals surface area contributed by atoms with Gasteiger partial charge >= 0.3 is 0 Å². The Morgan fingerprint density at radius 2 is 2.30 bits per heavy atom. The lowest BCUT2D eigenvalue weighted by Gasteiger charge is -2.02. The molecule has 0 amide bonds. The molecule has 0 radical (unpaired) electrons. The maximum atomic E-state index is 9.21. The van der Waals surface area contributed by atoms with Crippen molar-refractivity contribution < 1.29 is 9.84 Å². The molecule has 54 valence electrons. The molecule has 1 aromatic heterocycles. The van der Waals surface area contributed by atoms with Gasteiger partial charge in [0.25, 0.3) is 5.88 Å². The van der Waals surface area contributed by atoms with Crippen LogP contribution < -0.4 is 4.74 Å². The molecule has 1 rings (SSSR count). The van der Waals surface area contributed by atoms with Crippen molar-refractivity contribution in [3.05, 3.63) is 17.8 Å². The van der Waals surface area contributed by atoms with Crippen molar-refractivity contribution in [1.29, 1.82) is 0 Å².